The van der Waals surface area contributed by atoms with Gasteiger partial charge in [0.1, 0.15) is 11.6 Å². The fourth-order valence-corrected chi connectivity index (χ4v) is 3.42. The molecule has 0 saturated carbocycles. The number of hydrogen-bond donors (Lipinski definition) is 1. The Morgan fingerprint density at radius 2 is 2.04 bits per heavy atom. The molecule has 1 saturated heterocycles. The van der Waals surface area contributed by atoms with Crippen LogP contribution < -0.4 is 4.74 Å². The average Bonchev–Trinajstić information content (AvgIpc) is 3.27. The number of rotatable bonds is 4. The van der Waals surface area contributed by atoms with Crippen LogP contribution in [0.2, 0.25) is 0 Å². The van der Waals surface area contributed by atoms with Crippen LogP contribution in [0.3, 0.4) is 0 Å². The van der Waals surface area contributed by atoms with Gasteiger partial charge in [-0.3, -0.25) is 4.79 Å². The van der Waals surface area contributed by atoms with Gasteiger partial charge in [0, 0.05) is 6.54 Å². The van der Waals surface area contributed by atoms with Crippen molar-refractivity contribution in [2.24, 2.45) is 0 Å². The smallest absolute Gasteiger partial charge is 0.261 e. The number of likely N-dealkylation sites (tertiary alicyclic amines) is 1. The summed E-state index contributed by atoms with van der Waals surface area (Å²) in [4.78, 5) is 22.6. The van der Waals surface area contributed by atoms with Crippen molar-refractivity contribution in [3.8, 4) is 5.75 Å². The van der Waals surface area contributed by atoms with Crippen LogP contribution >= 0.6 is 0 Å². The van der Waals surface area contributed by atoms with Gasteiger partial charge in [0.25, 0.3) is 5.91 Å². The van der Waals surface area contributed by atoms with Crippen LogP contribution in [0.15, 0.2) is 48.5 Å². The van der Waals surface area contributed by atoms with E-state index in [1.807, 2.05) is 60.4 Å². The van der Waals surface area contributed by atoms with Crippen molar-refractivity contribution in [1.29, 1.82) is 0 Å². The average molecular weight is 335 g/mol. The highest BCUT2D eigenvalue weighted by molar-refractivity contribution is 5.79. The zero-order chi connectivity index (χ0) is 17.2. The van der Waals surface area contributed by atoms with E-state index < -0.39 is 0 Å². The van der Waals surface area contributed by atoms with Crippen LogP contribution in [0.1, 0.15) is 30.3 Å². The third-order valence-corrected chi connectivity index (χ3v) is 4.74. The van der Waals surface area contributed by atoms with Gasteiger partial charge in [-0.15, -0.1) is 0 Å². The number of carbonyl (C=O) groups excluding carboxylic acids is 1. The molecule has 25 heavy (non-hydrogen) atoms. The second-order valence-electron chi connectivity index (χ2n) is 6.44. The largest absolute Gasteiger partial charge is 0.484 e. The summed E-state index contributed by atoms with van der Waals surface area (Å²) in [5.41, 5.74) is 2.98. The topological polar surface area (TPSA) is 58.2 Å². The first-order valence-electron chi connectivity index (χ1n) is 8.65. The number of amides is 1. The van der Waals surface area contributed by atoms with E-state index in [9.17, 15) is 4.79 Å². The number of hydrogen-bond acceptors (Lipinski definition) is 3. The number of H-pyrrole nitrogens is 1. The second-order valence-corrected chi connectivity index (χ2v) is 6.44. The Hall–Kier alpha value is -2.82. The number of nitrogens with zero attached hydrogens (tertiary/aromatic N) is 2. The van der Waals surface area contributed by atoms with E-state index >= 15 is 0 Å². The third-order valence-electron chi connectivity index (χ3n) is 4.74. The van der Waals surface area contributed by atoms with Crippen LogP contribution in [-0.4, -0.2) is 33.9 Å². The SMILES string of the molecule is Cc1ccccc1OCC(=O)N1CCC[C@H]1c1nc2ccccc2[nH]1. The molecule has 2 aromatic carbocycles. The summed E-state index contributed by atoms with van der Waals surface area (Å²) >= 11 is 0. The van der Waals surface area contributed by atoms with Gasteiger partial charge in [-0.05, 0) is 43.5 Å². The molecular weight excluding hydrogens is 314 g/mol. The van der Waals surface area contributed by atoms with Gasteiger partial charge in [0.2, 0.25) is 0 Å². The lowest BCUT2D eigenvalue weighted by molar-refractivity contribution is -0.134. The second kappa shape index (κ2) is 6.59. The number of para-hydroxylation sites is 3. The highest BCUT2D eigenvalue weighted by Gasteiger charge is 2.32. The first kappa shape index (κ1) is 15.7. The summed E-state index contributed by atoms with van der Waals surface area (Å²) in [5.74, 6) is 1.63. The Morgan fingerprint density at radius 3 is 2.88 bits per heavy atom. The molecule has 1 aliphatic rings. The molecule has 4 rings (SSSR count). The van der Waals surface area contributed by atoms with Gasteiger partial charge in [-0.2, -0.15) is 0 Å². The van der Waals surface area contributed by atoms with E-state index in [-0.39, 0.29) is 18.6 Å². The van der Waals surface area contributed by atoms with Gasteiger partial charge >= 0.3 is 0 Å². The molecule has 5 heteroatoms. The molecule has 128 valence electrons. The van der Waals surface area contributed by atoms with E-state index in [1.54, 1.807) is 0 Å². The van der Waals surface area contributed by atoms with E-state index in [0.29, 0.717) is 0 Å². The van der Waals surface area contributed by atoms with Crippen LogP contribution in [0, 0.1) is 6.92 Å². The maximum atomic E-state index is 12.7. The number of aromatic amines is 1. The minimum Gasteiger partial charge on any atom is -0.484 e. The number of aryl methyl sites for hydroxylation is 1. The molecule has 5 nitrogen and oxygen atoms in total. The molecule has 1 N–H and O–H groups in total. The summed E-state index contributed by atoms with van der Waals surface area (Å²) in [6, 6.07) is 15.7. The molecule has 0 aliphatic carbocycles. The molecule has 0 unspecified atom stereocenters. The molecule has 0 radical (unpaired) electrons. The molecular formula is C20H21N3O2. The van der Waals surface area contributed by atoms with Crippen LogP contribution in [0.4, 0.5) is 0 Å². The van der Waals surface area contributed by atoms with Crippen molar-refractivity contribution in [3.63, 3.8) is 0 Å². The van der Waals surface area contributed by atoms with Crippen molar-refractivity contribution in [3.05, 3.63) is 59.9 Å². The predicted octanol–water partition coefficient (Wildman–Crippen LogP) is 3.61. The van der Waals surface area contributed by atoms with Crippen molar-refractivity contribution in [1.82, 2.24) is 14.9 Å². The van der Waals surface area contributed by atoms with Crippen LogP contribution in [0.25, 0.3) is 11.0 Å². The fourth-order valence-electron chi connectivity index (χ4n) is 3.42. The lowest BCUT2D eigenvalue weighted by Crippen LogP contribution is -2.35. The molecule has 1 atom stereocenters. The number of ether oxygens (including phenoxy) is 1. The quantitative estimate of drug-likeness (QED) is 0.792. The monoisotopic (exact) mass is 335 g/mol. The van der Waals surface area contributed by atoms with E-state index in [4.69, 9.17) is 4.74 Å². The zero-order valence-corrected chi connectivity index (χ0v) is 14.2. The Labute approximate surface area is 146 Å². The van der Waals surface area contributed by atoms with Crippen molar-refractivity contribution >= 4 is 16.9 Å². The molecule has 1 fully saturated rings. The van der Waals surface area contributed by atoms with E-state index in [1.165, 1.54) is 0 Å². The highest BCUT2D eigenvalue weighted by Crippen LogP contribution is 2.31. The lowest BCUT2D eigenvalue weighted by atomic mass is 10.2. The first-order chi connectivity index (χ1) is 12.2. The van der Waals surface area contributed by atoms with Gasteiger partial charge in [-0.25, -0.2) is 4.98 Å². The van der Waals surface area contributed by atoms with E-state index in [2.05, 4.69) is 9.97 Å². The minimum absolute atomic E-state index is 0.000343. The predicted molar refractivity (Wildman–Crippen MR) is 96.5 cm³/mol. The van der Waals surface area contributed by atoms with Gasteiger partial charge in [-0.1, -0.05) is 30.3 Å². The number of imidazole rings is 1. The van der Waals surface area contributed by atoms with E-state index in [0.717, 1.165) is 47.6 Å². The summed E-state index contributed by atoms with van der Waals surface area (Å²) in [6.45, 7) is 2.78. The normalized spacial score (nSPS) is 17.2. The summed E-state index contributed by atoms with van der Waals surface area (Å²) < 4.78 is 5.73. The molecule has 1 aromatic heterocycles. The number of fused-ring (bicyclic) bond motifs is 1. The maximum Gasteiger partial charge on any atom is 0.261 e. The number of carbonyl (C=O) groups is 1. The minimum atomic E-state index is 0.000343. The molecule has 0 spiro atoms. The Morgan fingerprint density at radius 1 is 1.24 bits per heavy atom. The maximum absolute atomic E-state index is 12.7. The Bertz CT molecular complexity index is 870. The molecule has 2 heterocycles. The third kappa shape index (κ3) is 3.09. The van der Waals surface area contributed by atoms with Crippen molar-refractivity contribution in [2.75, 3.05) is 13.2 Å². The number of benzene rings is 2. The van der Waals surface area contributed by atoms with Gasteiger partial charge < -0.3 is 14.6 Å². The number of nitrogens with one attached hydrogen (secondary N) is 1. The molecule has 1 aliphatic heterocycles. The molecule has 0 bridgehead atoms. The first-order valence-corrected chi connectivity index (χ1v) is 8.65. The van der Waals surface area contributed by atoms with Gasteiger partial charge in [0.15, 0.2) is 6.61 Å². The lowest BCUT2D eigenvalue weighted by Gasteiger charge is -2.23. The summed E-state index contributed by atoms with van der Waals surface area (Å²) in [5, 5.41) is 0. The van der Waals surface area contributed by atoms with Crippen molar-refractivity contribution in [2.45, 2.75) is 25.8 Å². The summed E-state index contributed by atoms with van der Waals surface area (Å²) in [7, 11) is 0. The fraction of sp³-hybridized carbons (Fsp3) is 0.300. The molecule has 1 amide bonds. The Kier molecular flexibility index (Phi) is 4.14. The van der Waals surface area contributed by atoms with Gasteiger partial charge in [0.05, 0.1) is 17.1 Å². The zero-order valence-electron chi connectivity index (χ0n) is 14.2. The Balaban J connectivity index is 1.49. The van der Waals surface area contributed by atoms with Crippen LogP contribution in [0.5, 0.6) is 5.75 Å². The number of aromatic nitrogens is 2. The highest BCUT2D eigenvalue weighted by atomic mass is 16.5. The van der Waals surface area contributed by atoms with Crippen LogP contribution in [-0.2, 0) is 4.79 Å². The summed E-state index contributed by atoms with van der Waals surface area (Å²) in [6.07, 6.45) is 1.91. The standard InChI is InChI=1S/C20H21N3O2/c1-14-7-2-5-11-18(14)25-13-19(24)23-12-6-10-17(23)20-21-15-8-3-4-9-16(15)22-20/h2-5,7-9,11,17H,6,10,12-13H2,1H3,(H,21,22)/t17-/m0/s1. The van der Waals surface area contributed by atoms with Crippen molar-refractivity contribution < 1.29 is 9.53 Å². The molecule has 3 aromatic rings.